The van der Waals surface area contributed by atoms with Crippen LogP contribution in [-0.2, 0) is 9.59 Å². The molecule has 5 heteroatoms. The molecular weight excluding hydrogens is 285 g/mol. The molecule has 0 bridgehead atoms. The summed E-state index contributed by atoms with van der Waals surface area (Å²) < 4.78 is 0. The van der Waals surface area contributed by atoms with Crippen molar-refractivity contribution < 1.29 is 9.59 Å². The molecule has 1 aromatic rings. The number of amides is 1. The average molecular weight is 304 g/mol. The molecule has 1 N–H and O–H groups in total. The standard InChI is InChI=1S/C9H9Cl2NO.C5H10O/c1-6(12-5-13)7-2-3-8(10)9(11)4-7;1-4(2)5(3)6/h2-6H,1H3,(H,12,13);4H,1-3H3. The zero-order chi connectivity index (χ0) is 15.0. The lowest BCUT2D eigenvalue weighted by atomic mass is 10.1. The fraction of sp³-hybridized carbons (Fsp3) is 0.429. The summed E-state index contributed by atoms with van der Waals surface area (Å²) in [5.41, 5.74) is 0.932. The summed E-state index contributed by atoms with van der Waals surface area (Å²) in [7, 11) is 0. The highest BCUT2D eigenvalue weighted by molar-refractivity contribution is 6.42. The molecule has 0 saturated heterocycles. The van der Waals surface area contributed by atoms with Crippen LogP contribution < -0.4 is 5.32 Å². The van der Waals surface area contributed by atoms with Gasteiger partial charge in [0.15, 0.2) is 0 Å². The topological polar surface area (TPSA) is 46.2 Å². The monoisotopic (exact) mass is 303 g/mol. The fourth-order valence-corrected chi connectivity index (χ4v) is 1.29. The molecule has 1 rings (SSSR count). The quantitative estimate of drug-likeness (QED) is 0.854. The Balaban J connectivity index is 0.000000459. The summed E-state index contributed by atoms with van der Waals surface area (Å²) in [5.74, 6) is 0.472. The van der Waals surface area contributed by atoms with Crippen LogP contribution in [0.25, 0.3) is 0 Å². The Bertz CT molecular complexity index is 433. The second-order valence-corrected chi connectivity index (χ2v) is 5.26. The zero-order valence-electron chi connectivity index (χ0n) is 11.5. The molecular formula is C14H19Cl2NO2. The van der Waals surface area contributed by atoms with Crippen LogP contribution in [0.5, 0.6) is 0 Å². The second kappa shape index (κ2) is 8.94. The molecule has 0 radical (unpaired) electrons. The Kier molecular flexibility index (Phi) is 8.44. The minimum atomic E-state index is -0.0488. The van der Waals surface area contributed by atoms with E-state index in [1.165, 1.54) is 0 Å². The van der Waals surface area contributed by atoms with E-state index in [1.54, 1.807) is 19.1 Å². The van der Waals surface area contributed by atoms with Gasteiger partial charge in [-0.2, -0.15) is 0 Å². The SMILES string of the molecule is CC(=O)C(C)C.CC(NC=O)c1ccc(Cl)c(Cl)c1. The Morgan fingerprint density at radius 1 is 1.21 bits per heavy atom. The number of carbonyl (C=O) groups excluding carboxylic acids is 2. The summed E-state index contributed by atoms with van der Waals surface area (Å²) in [4.78, 5) is 20.3. The first kappa shape index (κ1) is 17.9. The lowest BCUT2D eigenvalue weighted by molar-refractivity contribution is -0.119. The molecule has 0 aromatic heterocycles. The van der Waals surface area contributed by atoms with Crippen molar-refractivity contribution in [2.75, 3.05) is 0 Å². The summed E-state index contributed by atoms with van der Waals surface area (Å²) in [5, 5.41) is 3.64. The van der Waals surface area contributed by atoms with E-state index in [9.17, 15) is 9.59 Å². The average Bonchev–Trinajstić information content (AvgIpc) is 2.33. The summed E-state index contributed by atoms with van der Waals surface area (Å²) >= 11 is 11.6. The lowest BCUT2D eigenvalue weighted by Crippen LogP contribution is -2.15. The Labute approximate surface area is 124 Å². The van der Waals surface area contributed by atoms with E-state index in [2.05, 4.69) is 5.32 Å². The predicted molar refractivity (Wildman–Crippen MR) is 79.6 cm³/mol. The van der Waals surface area contributed by atoms with Crippen LogP contribution in [0.2, 0.25) is 10.0 Å². The first-order valence-electron chi connectivity index (χ1n) is 5.94. The molecule has 1 unspecified atom stereocenters. The Morgan fingerprint density at radius 3 is 2.11 bits per heavy atom. The number of halogens is 2. The number of ketones is 1. The second-order valence-electron chi connectivity index (χ2n) is 4.45. The predicted octanol–water partition coefficient (Wildman–Crippen LogP) is 4.03. The molecule has 0 aliphatic carbocycles. The number of nitrogens with one attached hydrogen (secondary N) is 1. The van der Waals surface area contributed by atoms with Gasteiger partial charge in [0.1, 0.15) is 5.78 Å². The van der Waals surface area contributed by atoms with Crippen molar-refractivity contribution in [1.29, 1.82) is 0 Å². The van der Waals surface area contributed by atoms with E-state index < -0.39 is 0 Å². The first-order valence-corrected chi connectivity index (χ1v) is 6.70. The van der Waals surface area contributed by atoms with Crippen LogP contribution in [0.3, 0.4) is 0 Å². The van der Waals surface area contributed by atoms with Crippen LogP contribution in [0.15, 0.2) is 18.2 Å². The van der Waals surface area contributed by atoms with Gasteiger partial charge in [-0.3, -0.25) is 9.59 Å². The third-order valence-electron chi connectivity index (χ3n) is 2.57. The van der Waals surface area contributed by atoms with Crippen LogP contribution >= 0.6 is 23.2 Å². The van der Waals surface area contributed by atoms with Crippen molar-refractivity contribution in [2.45, 2.75) is 33.7 Å². The number of benzene rings is 1. The fourth-order valence-electron chi connectivity index (χ4n) is 0.980. The van der Waals surface area contributed by atoms with Crippen molar-refractivity contribution in [1.82, 2.24) is 5.32 Å². The third kappa shape index (κ3) is 7.19. The first-order chi connectivity index (χ1) is 8.79. The van der Waals surface area contributed by atoms with Crippen molar-refractivity contribution in [3.63, 3.8) is 0 Å². The summed E-state index contributed by atoms with van der Waals surface area (Å²) in [6, 6.07) is 5.23. The molecule has 19 heavy (non-hydrogen) atoms. The Hall–Kier alpha value is -1.06. The van der Waals surface area contributed by atoms with Crippen LogP contribution in [0.1, 0.15) is 39.3 Å². The van der Waals surface area contributed by atoms with Crippen molar-refractivity contribution in [3.8, 4) is 0 Å². The zero-order valence-corrected chi connectivity index (χ0v) is 13.0. The summed E-state index contributed by atoms with van der Waals surface area (Å²) in [6.07, 6.45) is 0.660. The third-order valence-corrected chi connectivity index (χ3v) is 3.31. The van der Waals surface area contributed by atoms with Gasteiger partial charge < -0.3 is 5.32 Å². The molecule has 1 aromatic carbocycles. The van der Waals surface area contributed by atoms with Crippen molar-refractivity contribution >= 4 is 35.4 Å². The van der Waals surface area contributed by atoms with Gasteiger partial charge in [-0.05, 0) is 31.5 Å². The van der Waals surface area contributed by atoms with E-state index in [4.69, 9.17) is 23.2 Å². The highest BCUT2D eigenvalue weighted by atomic mass is 35.5. The number of rotatable bonds is 4. The van der Waals surface area contributed by atoms with Crippen LogP contribution in [-0.4, -0.2) is 12.2 Å². The maximum absolute atomic E-state index is 10.2. The largest absolute Gasteiger partial charge is 0.352 e. The Morgan fingerprint density at radius 2 is 1.74 bits per heavy atom. The maximum Gasteiger partial charge on any atom is 0.207 e. The highest BCUT2D eigenvalue weighted by Gasteiger charge is 2.05. The van der Waals surface area contributed by atoms with E-state index in [0.717, 1.165) is 5.56 Å². The summed E-state index contributed by atoms with van der Waals surface area (Å²) in [6.45, 7) is 7.25. The number of hydrogen-bond acceptors (Lipinski definition) is 2. The normalized spacial score (nSPS) is 11.3. The van der Waals surface area contributed by atoms with Crippen LogP contribution in [0, 0.1) is 5.92 Å². The number of carbonyl (C=O) groups is 2. The van der Waals surface area contributed by atoms with Crippen LogP contribution in [0.4, 0.5) is 0 Å². The molecule has 0 aliphatic heterocycles. The molecule has 106 valence electrons. The lowest BCUT2D eigenvalue weighted by Gasteiger charge is -2.10. The van der Waals surface area contributed by atoms with Gasteiger partial charge >= 0.3 is 0 Å². The van der Waals surface area contributed by atoms with Gasteiger partial charge in [0, 0.05) is 5.92 Å². The van der Waals surface area contributed by atoms with Crippen molar-refractivity contribution in [3.05, 3.63) is 33.8 Å². The molecule has 1 atom stereocenters. The molecule has 0 fully saturated rings. The van der Waals surface area contributed by atoms with Gasteiger partial charge in [-0.25, -0.2) is 0 Å². The molecule has 0 saturated carbocycles. The van der Waals surface area contributed by atoms with Gasteiger partial charge in [-0.15, -0.1) is 0 Å². The van der Waals surface area contributed by atoms with E-state index in [1.807, 2.05) is 26.8 Å². The van der Waals surface area contributed by atoms with Gasteiger partial charge in [0.25, 0.3) is 0 Å². The molecule has 0 heterocycles. The maximum atomic E-state index is 10.2. The van der Waals surface area contributed by atoms with Gasteiger partial charge in [-0.1, -0.05) is 43.1 Å². The smallest absolute Gasteiger partial charge is 0.207 e. The minimum Gasteiger partial charge on any atom is -0.352 e. The van der Waals surface area contributed by atoms with Crippen molar-refractivity contribution in [2.24, 2.45) is 5.92 Å². The van der Waals surface area contributed by atoms with E-state index in [-0.39, 0.29) is 17.7 Å². The van der Waals surface area contributed by atoms with Gasteiger partial charge in [0.2, 0.25) is 6.41 Å². The molecule has 3 nitrogen and oxygen atoms in total. The van der Waals surface area contributed by atoms with Gasteiger partial charge in [0.05, 0.1) is 16.1 Å². The van der Waals surface area contributed by atoms with E-state index >= 15 is 0 Å². The highest BCUT2D eigenvalue weighted by Crippen LogP contribution is 2.25. The van der Waals surface area contributed by atoms with E-state index in [0.29, 0.717) is 16.5 Å². The molecule has 1 amide bonds. The molecule has 0 spiro atoms. The molecule has 0 aliphatic rings. The number of hydrogen-bond donors (Lipinski definition) is 1. The minimum absolute atomic E-state index is 0.0488. The number of Topliss-reactive ketones (excluding diaryl/α,β-unsaturated/α-hetero) is 1.